The molecule has 0 saturated heterocycles. The molecular formula is C11H13BrClNO4S. The van der Waals surface area contributed by atoms with Gasteiger partial charge in [-0.15, -0.1) is 0 Å². The fourth-order valence-electron chi connectivity index (χ4n) is 1.46. The number of carboxylic acid groups (broad SMARTS) is 1. The van der Waals surface area contributed by atoms with Gasteiger partial charge in [0.2, 0.25) is 10.0 Å². The summed E-state index contributed by atoms with van der Waals surface area (Å²) in [5, 5.41) is 9.21. The van der Waals surface area contributed by atoms with Crippen LogP contribution in [0.5, 0.6) is 0 Å². The van der Waals surface area contributed by atoms with Gasteiger partial charge in [0.05, 0.1) is 14.4 Å². The number of benzene rings is 1. The Morgan fingerprint density at radius 3 is 2.68 bits per heavy atom. The van der Waals surface area contributed by atoms with Crippen LogP contribution in [0.2, 0.25) is 5.02 Å². The van der Waals surface area contributed by atoms with E-state index >= 15 is 0 Å². The summed E-state index contributed by atoms with van der Waals surface area (Å²) in [6.45, 7) is 1.78. The summed E-state index contributed by atoms with van der Waals surface area (Å²) < 4.78 is 26.6. The average Bonchev–Trinajstić information content (AvgIpc) is 2.31. The van der Waals surface area contributed by atoms with Gasteiger partial charge >= 0.3 is 5.97 Å². The molecule has 2 N–H and O–H groups in total. The van der Waals surface area contributed by atoms with Crippen molar-refractivity contribution in [3.05, 3.63) is 27.7 Å². The summed E-state index contributed by atoms with van der Waals surface area (Å²) in [5.74, 6) is -1.21. The number of nitrogens with one attached hydrogen (secondary N) is 1. The topological polar surface area (TPSA) is 83.5 Å². The van der Waals surface area contributed by atoms with Crippen molar-refractivity contribution >= 4 is 43.5 Å². The van der Waals surface area contributed by atoms with E-state index in [0.29, 0.717) is 6.42 Å². The first kappa shape index (κ1) is 16.4. The molecule has 0 saturated carbocycles. The molecule has 0 aliphatic carbocycles. The lowest BCUT2D eigenvalue weighted by Gasteiger charge is -2.15. The number of hydrogen-bond donors (Lipinski definition) is 2. The highest BCUT2D eigenvalue weighted by Gasteiger charge is 2.26. The second kappa shape index (κ2) is 6.69. The Hall–Kier alpha value is -0.630. The lowest BCUT2D eigenvalue weighted by molar-refractivity contribution is -0.139. The fraction of sp³-hybridized carbons (Fsp3) is 0.364. The average molecular weight is 371 g/mol. The summed E-state index contributed by atoms with van der Waals surface area (Å²) in [6, 6.07) is 3.21. The van der Waals surface area contributed by atoms with Gasteiger partial charge in [-0.2, -0.15) is 4.72 Å². The molecule has 1 aromatic carbocycles. The molecule has 1 aromatic rings. The van der Waals surface area contributed by atoms with Gasteiger partial charge in [0.15, 0.2) is 0 Å². The van der Waals surface area contributed by atoms with Crippen LogP contribution in [-0.4, -0.2) is 25.5 Å². The minimum Gasteiger partial charge on any atom is -0.480 e. The second-order valence-corrected chi connectivity index (χ2v) is 6.74. The first-order valence-corrected chi connectivity index (χ1v) is 8.14. The molecule has 8 heteroatoms. The Kier molecular flexibility index (Phi) is 5.79. The Bertz CT molecular complexity index is 576. The predicted molar refractivity (Wildman–Crippen MR) is 75.8 cm³/mol. The normalized spacial score (nSPS) is 13.2. The number of rotatable bonds is 6. The van der Waals surface area contributed by atoms with E-state index in [1.54, 1.807) is 6.92 Å². The van der Waals surface area contributed by atoms with Gasteiger partial charge in [0.25, 0.3) is 0 Å². The van der Waals surface area contributed by atoms with Crippen molar-refractivity contribution in [1.29, 1.82) is 0 Å². The molecule has 0 spiro atoms. The molecular weight excluding hydrogens is 358 g/mol. The zero-order chi connectivity index (χ0) is 14.6. The van der Waals surface area contributed by atoms with E-state index in [0.717, 1.165) is 0 Å². The summed E-state index contributed by atoms with van der Waals surface area (Å²) in [5.41, 5.74) is 0. The van der Waals surface area contributed by atoms with Gasteiger partial charge in [-0.05, 0) is 34.5 Å². The minimum atomic E-state index is -3.94. The number of halogens is 2. The zero-order valence-corrected chi connectivity index (χ0v) is 13.2. The highest BCUT2D eigenvalue weighted by molar-refractivity contribution is 9.10. The van der Waals surface area contributed by atoms with Crippen molar-refractivity contribution in [3.8, 4) is 0 Å². The summed E-state index contributed by atoms with van der Waals surface area (Å²) in [4.78, 5) is 10.9. The van der Waals surface area contributed by atoms with Gasteiger partial charge in [0.1, 0.15) is 6.04 Å². The molecule has 0 aromatic heterocycles. The number of carboxylic acids is 1. The molecule has 1 unspecified atom stereocenters. The monoisotopic (exact) mass is 369 g/mol. The first-order chi connectivity index (χ1) is 8.79. The van der Waals surface area contributed by atoms with Crippen LogP contribution in [0.1, 0.15) is 19.8 Å². The van der Waals surface area contributed by atoms with Crippen molar-refractivity contribution in [2.75, 3.05) is 0 Å². The van der Waals surface area contributed by atoms with Crippen molar-refractivity contribution in [1.82, 2.24) is 4.72 Å². The Morgan fingerprint density at radius 1 is 1.53 bits per heavy atom. The van der Waals surface area contributed by atoms with Crippen LogP contribution in [0, 0.1) is 0 Å². The number of hydrogen-bond acceptors (Lipinski definition) is 3. The quantitative estimate of drug-likeness (QED) is 0.806. The third-order valence-electron chi connectivity index (χ3n) is 2.38. The third-order valence-corrected chi connectivity index (χ3v) is 5.55. The lowest BCUT2D eigenvalue weighted by Crippen LogP contribution is -2.40. The van der Waals surface area contributed by atoms with Crippen LogP contribution < -0.4 is 4.72 Å². The molecule has 0 heterocycles. The third kappa shape index (κ3) is 4.17. The molecule has 0 aliphatic rings. The zero-order valence-electron chi connectivity index (χ0n) is 10.1. The van der Waals surface area contributed by atoms with Crippen LogP contribution in [0.25, 0.3) is 0 Å². The predicted octanol–water partition coefficient (Wildman–Crippen LogP) is 2.63. The standard InChI is InChI=1S/C11H13BrClNO4S/c1-2-4-8(11(15)16)14-19(17,18)9-6-3-5-7(13)10(9)12/h3,5-6,8,14H,2,4H2,1H3,(H,15,16). The molecule has 0 amide bonds. The highest BCUT2D eigenvalue weighted by Crippen LogP contribution is 2.29. The van der Waals surface area contributed by atoms with E-state index in [4.69, 9.17) is 16.7 Å². The van der Waals surface area contributed by atoms with E-state index in [-0.39, 0.29) is 20.8 Å². The maximum atomic E-state index is 12.1. The summed E-state index contributed by atoms with van der Waals surface area (Å²) >= 11 is 8.91. The van der Waals surface area contributed by atoms with Gasteiger partial charge in [-0.1, -0.05) is 31.0 Å². The molecule has 106 valence electrons. The lowest BCUT2D eigenvalue weighted by atomic mass is 10.2. The molecule has 1 atom stereocenters. The number of carbonyl (C=O) groups is 1. The fourth-order valence-corrected chi connectivity index (χ4v) is 3.92. The van der Waals surface area contributed by atoms with Crippen molar-refractivity contribution in [2.45, 2.75) is 30.7 Å². The van der Waals surface area contributed by atoms with Crippen molar-refractivity contribution in [3.63, 3.8) is 0 Å². The molecule has 0 bridgehead atoms. The Morgan fingerprint density at radius 2 is 2.16 bits per heavy atom. The van der Waals surface area contributed by atoms with Crippen LogP contribution in [0.4, 0.5) is 0 Å². The van der Waals surface area contributed by atoms with E-state index in [9.17, 15) is 13.2 Å². The second-order valence-electron chi connectivity index (χ2n) is 3.85. The highest BCUT2D eigenvalue weighted by atomic mass is 79.9. The minimum absolute atomic E-state index is 0.0812. The molecule has 5 nitrogen and oxygen atoms in total. The van der Waals surface area contributed by atoms with Crippen LogP contribution >= 0.6 is 27.5 Å². The molecule has 0 aliphatic heterocycles. The summed E-state index contributed by atoms with van der Waals surface area (Å²) in [7, 11) is -3.94. The Labute approximate surface area is 125 Å². The first-order valence-electron chi connectivity index (χ1n) is 5.48. The van der Waals surface area contributed by atoms with Crippen LogP contribution in [0.15, 0.2) is 27.6 Å². The molecule has 0 radical (unpaired) electrons. The largest absolute Gasteiger partial charge is 0.480 e. The number of sulfonamides is 1. The smallest absolute Gasteiger partial charge is 0.321 e. The van der Waals surface area contributed by atoms with Crippen molar-refractivity contribution < 1.29 is 18.3 Å². The van der Waals surface area contributed by atoms with E-state index in [1.165, 1.54) is 18.2 Å². The maximum Gasteiger partial charge on any atom is 0.321 e. The van der Waals surface area contributed by atoms with E-state index in [1.807, 2.05) is 0 Å². The van der Waals surface area contributed by atoms with Gasteiger partial charge in [-0.25, -0.2) is 8.42 Å². The molecule has 0 fully saturated rings. The van der Waals surface area contributed by atoms with Crippen LogP contribution in [-0.2, 0) is 14.8 Å². The van der Waals surface area contributed by atoms with Crippen LogP contribution in [0.3, 0.4) is 0 Å². The van der Waals surface area contributed by atoms with Crippen molar-refractivity contribution in [2.24, 2.45) is 0 Å². The Balaban J connectivity index is 3.10. The maximum absolute atomic E-state index is 12.1. The van der Waals surface area contributed by atoms with Gasteiger partial charge in [-0.3, -0.25) is 4.79 Å². The number of aliphatic carboxylic acids is 1. The van der Waals surface area contributed by atoms with E-state index in [2.05, 4.69) is 20.7 Å². The SMILES string of the molecule is CCCC(NS(=O)(=O)c1cccc(Cl)c1Br)C(=O)O. The van der Waals surface area contributed by atoms with Gasteiger partial charge < -0.3 is 5.11 Å². The molecule has 19 heavy (non-hydrogen) atoms. The van der Waals surface area contributed by atoms with E-state index < -0.39 is 22.0 Å². The van der Waals surface area contributed by atoms with Gasteiger partial charge in [0, 0.05) is 0 Å². The molecule has 1 rings (SSSR count). The summed E-state index contributed by atoms with van der Waals surface area (Å²) in [6.07, 6.45) is 0.767.